The normalized spacial score (nSPS) is 10.1. The van der Waals surface area contributed by atoms with Crippen LogP contribution in [0.5, 0.6) is 5.75 Å². The number of hydrogen-bond acceptors (Lipinski definition) is 3. The number of carbonyl (C=O) groups is 2. The SMILES string of the molecule is CC(C)Oc1cccc(C(=O)NCC(N)=O)c1. The fraction of sp³-hybridized carbons (Fsp3) is 0.333. The lowest BCUT2D eigenvalue weighted by Crippen LogP contribution is -2.33. The van der Waals surface area contributed by atoms with Crippen LogP contribution in [0.15, 0.2) is 24.3 Å². The zero-order valence-electron chi connectivity index (χ0n) is 9.90. The zero-order chi connectivity index (χ0) is 12.8. The first-order chi connectivity index (χ1) is 7.99. The standard InChI is InChI=1S/C12H16N2O3/c1-8(2)17-10-5-3-4-9(6-10)12(16)14-7-11(13)15/h3-6,8H,7H2,1-2H3,(H2,13,15)(H,14,16). The van der Waals surface area contributed by atoms with Gasteiger partial charge in [-0.05, 0) is 32.0 Å². The smallest absolute Gasteiger partial charge is 0.251 e. The minimum absolute atomic E-state index is 0.0407. The Bertz CT molecular complexity index is 416. The molecule has 0 fully saturated rings. The van der Waals surface area contributed by atoms with Gasteiger partial charge in [0.1, 0.15) is 5.75 Å². The molecule has 0 saturated heterocycles. The molecule has 0 aromatic heterocycles. The highest BCUT2D eigenvalue weighted by molar-refractivity contribution is 5.96. The highest BCUT2D eigenvalue weighted by Gasteiger charge is 2.07. The molecule has 5 heteroatoms. The summed E-state index contributed by atoms with van der Waals surface area (Å²) in [5.74, 6) is -0.308. The van der Waals surface area contributed by atoms with Crippen molar-refractivity contribution in [1.29, 1.82) is 0 Å². The fourth-order valence-corrected chi connectivity index (χ4v) is 1.25. The van der Waals surface area contributed by atoms with Crippen LogP contribution in [-0.2, 0) is 4.79 Å². The van der Waals surface area contributed by atoms with Crippen molar-refractivity contribution in [2.75, 3.05) is 6.54 Å². The lowest BCUT2D eigenvalue weighted by atomic mass is 10.2. The third-order valence-corrected chi connectivity index (χ3v) is 1.89. The maximum Gasteiger partial charge on any atom is 0.251 e. The number of hydrogen-bond donors (Lipinski definition) is 2. The van der Waals surface area contributed by atoms with Crippen LogP contribution in [0.3, 0.4) is 0 Å². The van der Waals surface area contributed by atoms with Gasteiger partial charge in [-0.3, -0.25) is 9.59 Å². The van der Waals surface area contributed by atoms with Crippen LogP contribution < -0.4 is 15.8 Å². The molecule has 17 heavy (non-hydrogen) atoms. The van der Waals surface area contributed by atoms with Crippen LogP contribution in [0.1, 0.15) is 24.2 Å². The van der Waals surface area contributed by atoms with Gasteiger partial charge >= 0.3 is 0 Å². The molecule has 0 unspecified atom stereocenters. The van der Waals surface area contributed by atoms with Crippen molar-refractivity contribution in [3.8, 4) is 5.75 Å². The molecule has 0 bridgehead atoms. The molecule has 3 N–H and O–H groups in total. The van der Waals surface area contributed by atoms with Gasteiger partial charge < -0.3 is 15.8 Å². The maximum absolute atomic E-state index is 11.6. The van der Waals surface area contributed by atoms with Crippen LogP contribution in [0, 0.1) is 0 Å². The Morgan fingerprint density at radius 3 is 2.71 bits per heavy atom. The van der Waals surface area contributed by atoms with E-state index in [0.717, 1.165) is 0 Å². The average molecular weight is 236 g/mol. The lowest BCUT2D eigenvalue weighted by molar-refractivity contribution is -0.117. The molecular formula is C12H16N2O3. The van der Waals surface area contributed by atoms with Crippen LogP contribution >= 0.6 is 0 Å². The molecule has 0 aliphatic rings. The summed E-state index contributed by atoms with van der Waals surface area (Å²) in [6.07, 6.45) is 0.0407. The second-order valence-electron chi connectivity index (χ2n) is 3.84. The van der Waals surface area contributed by atoms with E-state index in [9.17, 15) is 9.59 Å². The van der Waals surface area contributed by atoms with E-state index in [1.165, 1.54) is 0 Å². The van der Waals surface area contributed by atoms with E-state index in [1.807, 2.05) is 13.8 Å². The molecule has 0 heterocycles. The number of amides is 2. The van der Waals surface area contributed by atoms with Crippen LogP contribution in [0.25, 0.3) is 0 Å². The third kappa shape index (κ3) is 4.55. The Kier molecular flexibility index (Phi) is 4.51. The van der Waals surface area contributed by atoms with E-state index in [4.69, 9.17) is 10.5 Å². The predicted molar refractivity (Wildman–Crippen MR) is 63.7 cm³/mol. The summed E-state index contributed by atoms with van der Waals surface area (Å²) >= 11 is 0. The summed E-state index contributed by atoms with van der Waals surface area (Å²) < 4.78 is 5.46. The Morgan fingerprint density at radius 1 is 1.41 bits per heavy atom. The number of rotatable bonds is 5. The summed E-state index contributed by atoms with van der Waals surface area (Å²) in [6, 6.07) is 6.75. The summed E-state index contributed by atoms with van der Waals surface area (Å²) in [4.78, 5) is 22.1. The van der Waals surface area contributed by atoms with Crippen molar-refractivity contribution in [1.82, 2.24) is 5.32 Å². The number of nitrogens with two attached hydrogens (primary N) is 1. The molecule has 0 aliphatic heterocycles. The van der Waals surface area contributed by atoms with Gasteiger partial charge in [0, 0.05) is 5.56 Å². The highest BCUT2D eigenvalue weighted by Crippen LogP contribution is 2.14. The molecule has 2 amide bonds. The minimum atomic E-state index is -0.576. The maximum atomic E-state index is 11.6. The van der Waals surface area contributed by atoms with Crippen LogP contribution in [-0.4, -0.2) is 24.5 Å². The van der Waals surface area contributed by atoms with E-state index in [2.05, 4.69) is 5.32 Å². The van der Waals surface area contributed by atoms with Crippen molar-refractivity contribution >= 4 is 11.8 Å². The second kappa shape index (κ2) is 5.89. The Labute approximate surface area is 99.9 Å². The minimum Gasteiger partial charge on any atom is -0.491 e. The summed E-state index contributed by atoms with van der Waals surface area (Å²) in [5, 5.41) is 2.41. The van der Waals surface area contributed by atoms with E-state index in [0.29, 0.717) is 11.3 Å². The van der Waals surface area contributed by atoms with Gasteiger partial charge in [0.25, 0.3) is 5.91 Å². The Balaban J connectivity index is 2.70. The molecule has 0 atom stereocenters. The largest absolute Gasteiger partial charge is 0.491 e. The van der Waals surface area contributed by atoms with Crippen molar-refractivity contribution in [2.45, 2.75) is 20.0 Å². The second-order valence-corrected chi connectivity index (χ2v) is 3.84. The van der Waals surface area contributed by atoms with E-state index in [-0.39, 0.29) is 18.6 Å². The molecular weight excluding hydrogens is 220 g/mol. The van der Waals surface area contributed by atoms with E-state index in [1.54, 1.807) is 24.3 Å². The summed E-state index contributed by atoms with van der Waals surface area (Å²) in [7, 11) is 0. The predicted octanol–water partition coefficient (Wildman–Crippen LogP) is 0.689. The van der Waals surface area contributed by atoms with Crippen molar-refractivity contribution in [2.24, 2.45) is 5.73 Å². The number of ether oxygens (including phenoxy) is 1. The average Bonchev–Trinajstić information content (AvgIpc) is 2.25. The van der Waals surface area contributed by atoms with E-state index < -0.39 is 5.91 Å². The number of primary amides is 1. The van der Waals surface area contributed by atoms with Crippen molar-refractivity contribution < 1.29 is 14.3 Å². The summed E-state index contributed by atoms with van der Waals surface area (Å²) in [5.41, 5.74) is 5.37. The zero-order valence-corrected chi connectivity index (χ0v) is 9.90. The van der Waals surface area contributed by atoms with E-state index >= 15 is 0 Å². The van der Waals surface area contributed by atoms with Gasteiger partial charge in [-0.1, -0.05) is 6.07 Å². The molecule has 5 nitrogen and oxygen atoms in total. The molecule has 0 radical (unpaired) electrons. The molecule has 1 aromatic carbocycles. The number of benzene rings is 1. The van der Waals surface area contributed by atoms with Crippen LogP contribution in [0.4, 0.5) is 0 Å². The number of nitrogens with one attached hydrogen (secondary N) is 1. The van der Waals surface area contributed by atoms with Crippen molar-refractivity contribution in [3.63, 3.8) is 0 Å². The summed E-state index contributed by atoms with van der Waals surface area (Å²) in [6.45, 7) is 3.63. The first-order valence-corrected chi connectivity index (χ1v) is 5.32. The van der Waals surface area contributed by atoms with Gasteiger partial charge in [-0.2, -0.15) is 0 Å². The highest BCUT2D eigenvalue weighted by atomic mass is 16.5. The topological polar surface area (TPSA) is 81.4 Å². The molecule has 1 aromatic rings. The third-order valence-electron chi connectivity index (χ3n) is 1.89. The number of carbonyl (C=O) groups excluding carboxylic acids is 2. The Hall–Kier alpha value is -2.04. The lowest BCUT2D eigenvalue weighted by Gasteiger charge is -2.10. The molecule has 0 spiro atoms. The first kappa shape index (κ1) is 13.0. The van der Waals surface area contributed by atoms with Gasteiger partial charge in [0.05, 0.1) is 12.6 Å². The molecule has 92 valence electrons. The van der Waals surface area contributed by atoms with Crippen molar-refractivity contribution in [3.05, 3.63) is 29.8 Å². The molecule has 0 saturated carbocycles. The fourth-order valence-electron chi connectivity index (χ4n) is 1.25. The van der Waals surface area contributed by atoms with Gasteiger partial charge in [-0.15, -0.1) is 0 Å². The quantitative estimate of drug-likeness (QED) is 0.789. The van der Waals surface area contributed by atoms with Gasteiger partial charge in [0.15, 0.2) is 0 Å². The monoisotopic (exact) mass is 236 g/mol. The van der Waals surface area contributed by atoms with Gasteiger partial charge in [-0.25, -0.2) is 0 Å². The molecule has 1 rings (SSSR count). The first-order valence-electron chi connectivity index (χ1n) is 5.32. The molecule has 0 aliphatic carbocycles. The van der Waals surface area contributed by atoms with Gasteiger partial charge in [0.2, 0.25) is 5.91 Å². The Morgan fingerprint density at radius 2 is 2.12 bits per heavy atom. The van der Waals surface area contributed by atoms with Crippen LogP contribution in [0.2, 0.25) is 0 Å².